The monoisotopic (exact) mass is 229 g/mol. The van der Waals surface area contributed by atoms with Crippen molar-refractivity contribution in [3.63, 3.8) is 0 Å². The van der Waals surface area contributed by atoms with Crippen molar-refractivity contribution in [2.24, 2.45) is 0 Å². The molecule has 0 aliphatic heterocycles. The minimum Gasteiger partial charge on any atom is -0.399 e. The number of nitrogens with two attached hydrogens (primary N) is 1. The first-order chi connectivity index (χ1) is 7.24. The normalized spacial score (nSPS) is 10.5. The summed E-state index contributed by atoms with van der Waals surface area (Å²) < 4.78 is 18.2. The second-order valence-electron chi connectivity index (χ2n) is 3.25. The van der Waals surface area contributed by atoms with Gasteiger partial charge in [0.15, 0.2) is 0 Å². The number of anilines is 1. The van der Waals surface area contributed by atoms with Crippen LogP contribution in [0.3, 0.4) is 0 Å². The molecule has 0 saturated heterocycles. The Labute approximate surface area is 94.0 Å². The van der Waals surface area contributed by atoms with Gasteiger partial charge in [0.2, 0.25) is 0 Å². The molecule has 0 amide bonds. The van der Waals surface area contributed by atoms with Gasteiger partial charge in [0, 0.05) is 25.2 Å². The molecule has 1 aromatic carbocycles. The molecule has 4 heteroatoms. The standard InChI is InChI=1S/C11H16FNOS/c1-14-5-2-6-15-8-9-3-4-10(13)7-11(9)12/h3-4,7H,2,5-6,8,13H2,1H3. The van der Waals surface area contributed by atoms with Crippen molar-refractivity contribution < 1.29 is 9.13 Å². The van der Waals surface area contributed by atoms with Crippen molar-refractivity contribution in [1.29, 1.82) is 0 Å². The van der Waals surface area contributed by atoms with Crippen LogP contribution in [0.15, 0.2) is 18.2 Å². The number of methoxy groups -OCH3 is 1. The highest BCUT2D eigenvalue weighted by Crippen LogP contribution is 2.18. The van der Waals surface area contributed by atoms with Crippen molar-refractivity contribution in [1.82, 2.24) is 0 Å². The number of hydrogen-bond donors (Lipinski definition) is 1. The highest BCUT2D eigenvalue weighted by molar-refractivity contribution is 7.98. The van der Waals surface area contributed by atoms with E-state index in [1.54, 1.807) is 31.0 Å². The lowest BCUT2D eigenvalue weighted by Gasteiger charge is -2.04. The molecular weight excluding hydrogens is 213 g/mol. The number of halogens is 1. The first-order valence-electron chi connectivity index (χ1n) is 4.84. The number of thioether (sulfide) groups is 1. The first kappa shape index (κ1) is 12.3. The average molecular weight is 229 g/mol. The Morgan fingerprint density at radius 1 is 1.47 bits per heavy atom. The summed E-state index contributed by atoms with van der Waals surface area (Å²) >= 11 is 1.71. The lowest BCUT2D eigenvalue weighted by atomic mass is 10.2. The van der Waals surface area contributed by atoms with E-state index in [1.165, 1.54) is 6.07 Å². The highest BCUT2D eigenvalue weighted by Gasteiger charge is 2.02. The van der Waals surface area contributed by atoms with Crippen molar-refractivity contribution in [2.75, 3.05) is 25.2 Å². The molecule has 0 aliphatic rings. The van der Waals surface area contributed by atoms with Gasteiger partial charge in [0.1, 0.15) is 5.82 Å². The Bertz CT molecular complexity index is 307. The lowest BCUT2D eigenvalue weighted by molar-refractivity contribution is 0.200. The van der Waals surface area contributed by atoms with Crippen LogP contribution in [0.2, 0.25) is 0 Å². The van der Waals surface area contributed by atoms with Gasteiger partial charge < -0.3 is 10.5 Å². The fourth-order valence-corrected chi connectivity index (χ4v) is 2.09. The maximum Gasteiger partial charge on any atom is 0.129 e. The molecule has 0 fully saturated rings. The van der Waals surface area contributed by atoms with Crippen LogP contribution in [0.25, 0.3) is 0 Å². The summed E-state index contributed by atoms with van der Waals surface area (Å²) in [4.78, 5) is 0. The number of ether oxygens (including phenoxy) is 1. The average Bonchev–Trinajstić information content (AvgIpc) is 2.20. The zero-order chi connectivity index (χ0) is 11.1. The Morgan fingerprint density at radius 3 is 2.93 bits per heavy atom. The molecule has 0 spiro atoms. The van der Waals surface area contributed by atoms with E-state index >= 15 is 0 Å². The number of rotatable bonds is 6. The molecule has 0 unspecified atom stereocenters. The summed E-state index contributed by atoms with van der Waals surface area (Å²) in [5, 5.41) is 0. The van der Waals surface area contributed by atoms with Gasteiger partial charge in [-0.1, -0.05) is 6.07 Å². The van der Waals surface area contributed by atoms with Crippen LogP contribution >= 0.6 is 11.8 Å². The van der Waals surface area contributed by atoms with Gasteiger partial charge in [0.25, 0.3) is 0 Å². The third kappa shape index (κ3) is 4.53. The van der Waals surface area contributed by atoms with Crippen LogP contribution in [0.4, 0.5) is 10.1 Å². The van der Waals surface area contributed by atoms with E-state index in [0.29, 0.717) is 17.0 Å². The molecule has 0 radical (unpaired) electrons. The van der Waals surface area contributed by atoms with Crippen molar-refractivity contribution in [3.05, 3.63) is 29.6 Å². The number of benzene rings is 1. The van der Waals surface area contributed by atoms with Gasteiger partial charge in [-0.15, -0.1) is 0 Å². The fraction of sp³-hybridized carbons (Fsp3) is 0.455. The van der Waals surface area contributed by atoms with E-state index in [1.807, 2.05) is 0 Å². The van der Waals surface area contributed by atoms with Crippen molar-refractivity contribution in [3.8, 4) is 0 Å². The van der Waals surface area contributed by atoms with Crippen molar-refractivity contribution in [2.45, 2.75) is 12.2 Å². The van der Waals surface area contributed by atoms with E-state index in [9.17, 15) is 4.39 Å². The van der Waals surface area contributed by atoms with Crippen LogP contribution in [0, 0.1) is 5.82 Å². The summed E-state index contributed by atoms with van der Waals surface area (Å²) in [6, 6.07) is 4.84. The van der Waals surface area contributed by atoms with Crippen molar-refractivity contribution >= 4 is 17.4 Å². The minimum absolute atomic E-state index is 0.214. The van der Waals surface area contributed by atoms with Crippen LogP contribution in [0.1, 0.15) is 12.0 Å². The third-order valence-corrected chi connectivity index (χ3v) is 3.06. The summed E-state index contributed by atoms with van der Waals surface area (Å²) in [5.41, 5.74) is 6.65. The summed E-state index contributed by atoms with van der Waals surface area (Å²) in [6.07, 6.45) is 0.998. The van der Waals surface area contributed by atoms with E-state index in [-0.39, 0.29) is 5.82 Å². The molecule has 1 aromatic rings. The molecule has 0 atom stereocenters. The molecule has 2 nitrogen and oxygen atoms in total. The Hall–Kier alpha value is -0.740. The lowest BCUT2D eigenvalue weighted by Crippen LogP contribution is -1.94. The highest BCUT2D eigenvalue weighted by atomic mass is 32.2. The van der Waals surface area contributed by atoms with Crippen LogP contribution in [-0.2, 0) is 10.5 Å². The molecule has 0 saturated carbocycles. The van der Waals surface area contributed by atoms with E-state index in [0.717, 1.165) is 18.8 Å². The topological polar surface area (TPSA) is 35.2 Å². The molecular formula is C11H16FNOS. The Morgan fingerprint density at radius 2 is 2.27 bits per heavy atom. The maximum atomic E-state index is 13.3. The molecule has 84 valence electrons. The zero-order valence-electron chi connectivity index (χ0n) is 8.83. The second kappa shape index (κ2) is 6.69. The van der Waals surface area contributed by atoms with Crippen LogP contribution < -0.4 is 5.73 Å². The van der Waals surface area contributed by atoms with Gasteiger partial charge in [-0.05, 0) is 29.9 Å². The molecule has 0 aromatic heterocycles. The quantitative estimate of drug-likeness (QED) is 0.601. The third-order valence-electron chi connectivity index (χ3n) is 1.97. The predicted octanol–water partition coefficient (Wildman–Crippen LogP) is 2.68. The predicted molar refractivity (Wildman–Crippen MR) is 63.5 cm³/mol. The summed E-state index contributed by atoms with van der Waals surface area (Å²) in [5.74, 6) is 1.46. The molecule has 0 bridgehead atoms. The van der Waals surface area contributed by atoms with E-state index in [2.05, 4.69) is 0 Å². The van der Waals surface area contributed by atoms with Crippen LogP contribution in [-0.4, -0.2) is 19.5 Å². The Balaban J connectivity index is 2.31. The molecule has 0 aliphatic carbocycles. The van der Waals surface area contributed by atoms with Gasteiger partial charge in [-0.2, -0.15) is 11.8 Å². The number of nitrogen functional groups attached to an aromatic ring is 1. The SMILES string of the molecule is COCCCSCc1ccc(N)cc1F. The first-order valence-corrected chi connectivity index (χ1v) is 6.00. The smallest absolute Gasteiger partial charge is 0.129 e. The van der Waals surface area contributed by atoms with Gasteiger partial charge in [0.05, 0.1) is 0 Å². The Kier molecular flexibility index (Phi) is 5.50. The summed E-state index contributed by atoms with van der Waals surface area (Å²) in [7, 11) is 1.68. The molecule has 1 rings (SSSR count). The number of hydrogen-bond acceptors (Lipinski definition) is 3. The zero-order valence-corrected chi connectivity index (χ0v) is 9.65. The maximum absolute atomic E-state index is 13.3. The van der Waals surface area contributed by atoms with Gasteiger partial charge in [-0.3, -0.25) is 0 Å². The summed E-state index contributed by atoms with van der Waals surface area (Å²) in [6.45, 7) is 0.761. The van der Waals surface area contributed by atoms with E-state index in [4.69, 9.17) is 10.5 Å². The van der Waals surface area contributed by atoms with Crippen LogP contribution in [0.5, 0.6) is 0 Å². The molecule has 2 N–H and O–H groups in total. The largest absolute Gasteiger partial charge is 0.399 e. The minimum atomic E-state index is -0.214. The van der Waals surface area contributed by atoms with Gasteiger partial charge >= 0.3 is 0 Å². The van der Waals surface area contributed by atoms with E-state index < -0.39 is 0 Å². The fourth-order valence-electron chi connectivity index (χ4n) is 1.17. The second-order valence-corrected chi connectivity index (χ2v) is 4.35. The van der Waals surface area contributed by atoms with Gasteiger partial charge in [-0.25, -0.2) is 4.39 Å². The molecule has 0 heterocycles. The molecule has 15 heavy (non-hydrogen) atoms.